The van der Waals surface area contributed by atoms with E-state index in [0.29, 0.717) is 12.5 Å². The SMILES string of the molecule is Cc1ccc(NC(N)=NCc2cccc(N(C)C)c2)cc1C.I. The number of aliphatic imine (C=N–C) groups is 1. The van der Waals surface area contributed by atoms with Crippen LogP contribution in [0.1, 0.15) is 16.7 Å². The lowest BCUT2D eigenvalue weighted by Crippen LogP contribution is -2.22. The third-order valence-electron chi connectivity index (χ3n) is 3.64. The van der Waals surface area contributed by atoms with Gasteiger partial charge < -0.3 is 16.0 Å². The molecule has 0 aliphatic carbocycles. The Kier molecular flexibility index (Phi) is 7.35. The maximum Gasteiger partial charge on any atom is 0.193 e. The second-order valence-electron chi connectivity index (χ2n) is 5.69. The first-order chi connectivity index (χ1) is 10.5. The highest BCUT2D eigenvalue weighted by Gasteiger charge is 2.00. The first-order valence-electron chi connectivity index (χ1n) is 7.36. The molecule has 0 unspecified atom stereocenters. The van der Waals surface area contributed by atoms with Gasteiger partial charge in [0.2, 0.25) is 0 Å². The molecule has 0 aliphatic rings. The van der Waals surface area contributed by atoms with Crippen LogP contribution in [0.15, 0.2) is 47.5 Å². The van der Waals surface area contributed by atoms with E-state index in [1.807, 2.05) is 26.2 Å². The molecule has 4 nitrogen and oxygen atoms in total. The highest BCUT2D eigenvalue weighted by Crippen LogP contribution is 2.15. The first kappa shape index (κ1) is 19.3. The Morgan fingerprint density at radius 2 is 1.83 bits per heavy atom. The van der Waals surface area contributed by atoms with Gasteiger partial charge >= 0.3 is 0 Å². The summed E-state index contributed by atoms with van der Waals surface area (Å²) in [5.74, 6) is 0.429. The van der Waals surface area contributed by atoms with Crippen molar-refractivity contribution in [1.29, 1.82) is 0 Å². The summed E-state index contributed by atoms with van der Waals surface area (Å²) in [5, 5.41) is 3.13. The molecule has 0 amide bonds. The van der Waals surface area contributed by atoms with Crippen molar-refractivity contribution in [2.75, 3.05) is 24.3 Å². The van der Waals surface area contributed by atoms with E-state index in [4.69, 9.17) is 5.73 Å². The lowest BCUT2D eigenvalue weighted by molar-refractivity contribution is 1.05. The number of nitrogens with zero attached hydrogens (tertiary/aromatic N) is 2. The van der Waals surface area contributed by atoms with Crippen LogP contribution < -0.4 is 16.0 Å². The van der Waals surface area contributed by atoms with Crippen molar-refractivity contribution in [2.24, 2.45) is 10.7 Å². The van der Waals surface area contributed by atoms with Crippen molar-refractivity contribution in [1.82, 2.24) is 0 Å². The predicted molar refractivity (Wildman–Crippen MR) is 111 cm³/mol. The second-order valence-corrected chi connectivity index (χ2v) is 5.69. The Hall–Kier alpha value is -1.76. The van der Waals surface area contributed by atoms with Gasteiger partial charge in [-0.25, -0.2) is 4.99 Å². The van der Waals surface area contributed by atoms with E-state index in [1.165, 1.54) is 11.1 Å². The van der Waals surface area contributed by atoms with Gasteiger partial charge in [0.05, 0.1) is 6.54 Å². The zero-order chi connectivity index (χ0) is 16.1. The molecule has 3 N–H and O–H groups in total. The molecule has 0 saturated heterocycles. The van der Waals surface area contributed by atoms with Crippen molar-refractivity contribution in [3.05, 3.63) is 59.2 Å². The number of aryl methyl sites for hydroxylation is 2. The lowest BCUT2D eigenvalue weighted by Gasteiger charge is -2.13. The molecule has 2 aromatic carbocycles. The summed E-state index contributed by atoms with van der Waals surface area (Å²) in [6.07, 6.45) is 0. The Morgan fingerprint density at radius 3 is 2.48 bits per heavy atom. The molecular formula is C18H25IN4. The maximum absolute atomic E-state index is 5.97. The molecule has 0 atom stereocenters. The highest BCUT2D eigenvalue weighted by atomic mass is 127. The fourth-order valence-corrected chi connectivity index (χ4v) is 2.12. The molecule has 5 heteroatoms. The van der Waals surface area contributed by atoms with E-state index in [-0.39, 0.29) is 24.0 Å². The quantitative estimate of drug-likeness (QED) is 0.445. The maximum atomic E-state index is 5.97. The van der Waals surface area contributed by atoms with Crippen LogP contribution in [0.5, 0.6) is 0 Å². The molecular weight excluding hydrogens is 399 g/mol. The number of guanidine groups is 1. The zero-order valence-electron chi connectivity index (χ0n) is 14.1. The molecule has 0 saturated carbocycles. The summed E-state index contributed by atoms with van der Waals surface area (Å²) in [4.78, 5) is 6.48. The number of nitrogens with two attached hydrogens (primary N) is 1. The summed E-state index contributed by atoms with van der Waals surface area (Å²) in [7, 11) is 4.05. The Balaban J connectivity index is 0.00000264. The van der Waals surface area contributed by atoms with Gasteiger partial charge in [0, 0.05) is 25.5 Å². The fourth-order valence-electron chi connectivity index (χ4n) is 2.12. The molecule has 0 bridgehead atoms. The van der Waals surface area contributed by atoms with Gasteiger partial charge in [0.15, 0.2) is 5.96 Å². The number of hydrogen-bond donors (Lipinski definition) is 2. The largest absolute Gasteiger partial charge is 0.378 e. The normalized spacial score (nSPS) is 10.9. The van der Waals surface area contributed by atoms with E-state index < -0.39 is 0 Å². The standard InChI is InChI=1S/C18H24N4.HI/c1-13-8-9-16(10-14(13)2)21-18(19)20-12-15-6-5-7-17(11-15)22(3)4;/h5-11H,12H2,1-4H3,(H3,19,20,21);1H. The van der Waals surface area contributed by atoms with E-state index in [2.05, 4.69) is 59.4 Å². The van der Waals surface area contributed by atoms with Crippen molar-refractivity contribution in [2.45, 2.75) is 20.4 Å². The lowest BCUT2D eigenvalue weighted by atomic mass is 10.1. The molecule has 0 heterocycles. The third kappa shape index (κ3) is 5.74. The van der Waals surface area contributed by atoms with Gasteiger partial charge in [0.1, 0.15) is 0 Å². The van der Waals surface area contributed by atoms with Gasteiger partial charge in [-0.15, -0.1) is 24.0 Å². The van der Waals surface area contributed by atoms with Crippen molar-refractivity contribution in [3.8, 4) is 0 Å². The Labute approximate surface area is 155 Å². The summed E-state index contributed by atoms with van der Waals surface area (Å²) in [5.41, 5.74) is 11.7. The van der Waals surface area contributed by atoms with Crippen molar-refractivity contribution in [3.63, 3.8) is 0 Å². The molecule has 0 fully saturated rings. The van der Waals surface area contributed by atoms with E-state index in [1.54, 1.807) is 0 Å². The highest BCUT2D eigenvalue weighted by molar-refractivity contribution is 14.0. The van der Waals surface area contributed by atoms with Crippen LogP contribution in [0.25, 0.3) is 0 Å². The monoisotopic (exact) mass is 424 g/mol. The van der Waals surface area contributed by atoms with Crippen molar-refractivity contribution >= 4 is 41.3 Å². The Bertz CT molecular complexity index is 680. The van der Waals surface area contributed by atoms with Crippen LogP contribution in [-0.4, -0.2) is 20.1 Å². The number of halogens is 1. The van der Waals surface area contributed by atoms with Crippen molar-refractivity contribution < 1.29 is 0 Å². The van der Waals surface area contributed by atoms with Gasteiger partial charge in [-0.1, -0.05) is 18.2 Å². The van der Waals surface area contributed by atoms with E-state index >= 15 is 0 Å². The number of anilines is 2. The first-order valence-corrected chi connectivity index (χ1v) is 7.36. The summed E-state index contributed by atoms with van der Waals surface area (Å²) in [6.45, 7) is 4.74. The minimum atomic E-state index is 0. The van der Waals surface area contributed by atoms with Crippen LogP contribution in [0.4, 0.5) is 11.4 Å². The number of hydrogen-bond acceptors (Lipinski definition) is 2. The smallest absolute Gasteiger partial charge is 0.193 e. The topological polar surface area (TPSA) is 53.6 Å². The van der Waals surface area contributed by atoms with Gasteiger partial charge in [-0.3, -0.25) is 0 Å². The minimum absolute atomic E-state index is 0. The minimum Gasteiger partial charge on any atom is -0.378 e. The average molecular weight is 424 g/mol. The molecule has 2 rings (SSSR count). The van der Waals surface area contributed by atoms with Crippen LogP contribution in [0, 0.1) is 13.8 Å². The number of nitrogens with one attached hydrogen (secondary N) is 1. The van der Waals surface area contributed by atoms with E-state index in [0.717, 1.165) is 16.9 Å². The molecule has 0 radical (unpaired) electrons. The summed E-state index contributed by atoms with van der Waals surface area (Å²) < 4.78 is 0. The zero-order valence-corrected chi connectivity index (χ0v) is 16.5. The second kappa shape index (κ2) is 8.76. The number of benzene rings is 2. The molecule has 124 valence electrons. The van der Waals surface area contributed by atoms with Gasteiger partial charge in [-0.05, 0) is 54.8 Å². The van der Waals surface area contributed by atoms with Crippen LogP contribution in [-0.2, 0) is 6.54 Å². The fraction of sp³-hybridized carbons (Fsp3) is 0.278. The summed E-state index contributed by atoms with van der Waals surface area (Å²) in [6, 6.07) is 14.4. The summed E-state index contributed by atoms with van der Waals surface area (Å²) >= 11 is 0. The Morgan fingerprint density at radius 1 is 1.09 bits per heavy atom. The van der Waals surface area contributed by atoms with Crippen LogP contribution >= 0.6 is 24.0 Å². The molecule has 2 aromatic rings. The van der Waals surface area contributed by atoms with E-state index in [9.17, 15) is 0 Å². The molecule has 23 heavy (non-hydrogen) atoms. The van der Waals surface area contributed by atoms with Crippen LogP contribution in [0.2, 0.25) is 0 Å². The molecule has 0 aromatic heterocycles. The van der Waals surface area contributed by atoms with Gasteiger partial charge in [-0.2, -0.15) is 0 Å². The average Bonchev–Trinajstić information content (AvgIpc) is 2.49. The van der Waals surface area contributed by atoms with Gasteiger partial charge in [0.25, 0.3) is 0 Å². The predicted octanol–water partition coefficient (Wildman–Crippen LogP) is 3.91. The third-order valence-corrected chi connectivity index (χ3v) is 3.64. The van der Waals surface area contributed by atoms with Crippen LogP contribution in [0.3, 0.4) is 0 Å². The molecule has 0 aliphatic heterocycles. The number of rotatable bonds is 4. The molecule has 0 spiro atoms.